The van der Waals surface area contributed by atoms with Crippen molar-refractivity contribution in [3.63, 3.8) is 0 Å². The van der Waals surface area contributed by atoms with Crippen LogP contribution in [0.2, 0.25) is 0 Å². The average Bonchev–Trinajstić information content (AvgIpc) is 3.05. The van der Waals surface area contributed by atoms with Gasteiger partial charge in [-0.2, -0.15) is 0 Å². The smallest absolute Gasteiger partial charge is 0.0551 e. The lowest BCUT2D eigenvalue weighted by Gasteiger charge is -2.11. The van der Waals surface area contributed by atoms with Crippen LogP contribution in [0.5, 0.6) is 0 Å². The molecule has 0 spiro atoms. The van der Waals surface area contributed by atoms with Crippen molar-refractivity contribution in [3.05, 3.63) is 83.3 Å². The molecule has 0 aliphatic heterocycles. The number of aromatic amines is 1. The predicted octanol–water partition coefficient (Wildman–Crippen LogP) is 7.54. The lowest BCUT2D eigenvalue weighted by atomic mass is 9.93. The molecule has 122 valence electrons. The molecule has 6 aromatic rings. The molecule has 0 amide bonds. The van der Waals surface area contributed by atoms with Crippen LogP contribution in [0, 0.1) is 0 Å². The Hall–Kier alpha value is -2.84. The quantitative estimate of drug-likeness (QED) is 0.255. The molecule has 0 aliphatic carbocycles. The van der Waals surface area contributed by atoms with E-state index < -0.39 is 0 Å². The summed E-state index contributed by atoms with van der Waals surface area (Å²) in [6.45, 7) is 0. The first-order valence-electron chi connectivity index (χ1n) is 8.74. The van der Waals surface area contributed by atoms with Gasteiger partial charge in [-0.1, -0.05) is 82.7 Å². The van der Waals surface area contributed by atoms with Gasteiger partial charge in [0.1, 0.15) is 0 Å². The summed E-state index contributed by atoms with van der Waals surface area (Å²) in [6.07, 6.45) is 0. The van der Waals surface area contributed by atoms with E-state index >= 15 is 0 Å². The lowest BCUT2D eigenvalue weighted by molar-refractivity contribution is 1.56. The normalized spacial score (nSPS) is 12.0. The zero-order chi connectivity index (χ0) is 17.3. The minimum absolute atomic E-state index is 1.09. The Morgan fingerprint density at radius 1 is 0.538 bits per heavy atom. The number of fused-ring (bicyclic) bond motifs is 10. The first kappa shape index (κ1) is 14.3. The summed E-state index contributed by atoms with van der Waals surface area (Å²) in [5.74, 6) is 0. The highest BCUT2D eigenvalue weighted by molar-refractivity contribution is 9.10. The second kappa shape index (κ2) is 5.09. The van der Waals surface area contributed by atoms with E-state index in [0.717, 1.165) is 4.47 Å². The molecule has 5 aromatic carbocycles. The fourth-order valence-electron chi connectivity index (χ4n) is 4.34. The number of rotatable bonds is 0. The SMILES string of the molecule is Brc1ccc2c(c1)[nH]c1c2ccc2c3ccccc3c3ccccc3c21. The summed E-state index contributed by atoms with van der Waals surface area (Å²) in [5.41, 5.74) is 2.39. The standard InChI is InChI=1S/C24H14BrN/c25-14-9-10-18-21-12-11-20-17-7-2-1-5-15(17)16-6-3-4-8-19(16)23(20)24(21)26-22(18)13-14/h1-13,26H. The van der Waals surface area contributed by atoms with Gasteiger partial charge in [-0.25, -0.2) is 0 Å². The van der Waals surface area contributed by atoms with Crippen LogP contribution in [0.15, 0.2) is 83.3 Å². The van der Waals surface area contributed by atoms with Gasteiger partial charge in [-0.15, -0.1) is 0 Å². The third-order valence-electron chi connectivity index (χ3n) is 5.44. The van der Waals surface area contributed by atoms with Gasteiger partial charge in [0.2, 0.25) is 0 Å². The van der Waals surface area contributed by atoms with Gasteiger partial charge in [0.05, 0.1) is 5.52 Å². The van der Waals surface area contributed by atoms with E-state index in [9.17, 15) is 0 Å². The monoisotopic (exact) mass is 395 g/mol. The highest BCUT2D eigenvalue weighted by Crippen LogP contribution is 2.40. The fraction of sp³-hybridized carbons (Fsp3) is 0. The summed E-state index contributed by atoms with van der Waals surface area (Å²) in [6, 6.07) is 28.4. The zero-order valence-electron chi connectivity index (χ0n) is 13.9. The van der Waals surface area contributed by atoms with Crippen LogP contribution >= 0.6 is 15.9 Å². The fourth-order valence-corrected chi connectivity index (χ4v) is 4.70. The first-order valence-corrected chi connectivity index (χ1v) is 9.54. The Morgan fingerprint density at radius 3 is 1.81 bits per heavy atom. The minimum atomic E-state index is 1.09. The Bertz CT molecular complexity index is 1460. The molecule has 6 rings (SSSR count). The van der Waals surface area contributed by atoms with Gasteiger partial charge in [-0.05, 0) is 39.1 Å². The van der Waals surface area contributed by atoms with Crippen molar-refractivity contribution in [2.45, 2.75) is 0 Å². The summed E-state index contributed by atoms with van der Waals surface area (Å²) in [7, 11) is 0. The number of halogens is 1. The molecule has 1 nitrogen and oxygen atoms in total. The number of hydrogen-bond acceptors (Lipinski definition) is 0. The number of nitrogens with one attached hydrogen (secondary N) is 1. The maximum atomic E-state index is 3.69. The molecular formula is C24H14BrN. The number of hydrogen-bond donors (Lipinski definition) is 1. The summed E-state index contributed by atoms with van der Waals surface area (Å²) >= 11 is 3.59. The molecule has 1 aromatic heterocycles. The molecule has 2 heteroatoms. The van der Waals surface area contributed by atoms with Gasteiger partial charge in [-0.3, -0.25) is 0 Å². The van der Waals surface area contributed by atoms with Crippen molar-refractivity contribution in [1.29, 1.82) is 0 Å². The van der Waals surface area contributed by atoms with Crippen molar-refractivity contribution < 1.29 is 0 Å². The summed E-state index contributed by atoms with van der Waals surface area (Å²) < 4.78 is 1.09. The number of H-pyrrole nitrogens is 1. The number of aromatic nitrogens is 1. The Morgan fingerprint density at radius 2 is 1.08 bits per heavy atom. The first-order chi connectivity index (χ1) is 12.8. The third kappa shape index (κ3) is 1.80. The van der Waals surface area contributed by atoms with Crippen LogP contribution < -0.4 is 0 Å². The van der Waals surface area contributed by atoms with E-state index in [4.69, 9.17) is 0 Å². The maximum Gasteiger partial charge on any atom is 0.0551 e. The molecule has 0 bridgehead atoms. The van der Waals surface area contributed by atoms with E-state index in [1.54, 1.807) is 0 Å². The van der Waals surface area contributed by atoms with Crippen LogP contribution in [0.3, 0.4) is 0 Å². The minimum Gasteiger partial charge on any atom is -0.354 e. The second-order valence-corrected chi connectivity index (χ2v) is 7.73. The summed E-state index contributed by atoms with van der Waals surface area (Å²) in [5, 5.41) is 10.4. The van der Waals surface area contributed by atoms with Gasteiger partial charge < -0.3 is 4.98 Å². The molecule has 1 N–H and O–H groups in total. The molecule has 0 radical (unpaired) electrons. The van der Waals surface area contributed by atoms with Crippen molar-refractivity contribution in [1.82, 2.24) is 4.98 Å². The largest absolute Gasteiger partial charge is 0.354 e. The molecule has 26 heavy (non-hydrogen) atoms. The van der Waals surface area contributed by atoms with Crippen molar-refractivity contribution in [3.8, 4) is 0 Å². The zero-order valence-corrected chi connectivity index (χ0v) is 15.5. The van der Waals surface area contributed by atoms with Crippen LogP contribution in [0.4, 0.5) is 0 Å². The third-order valence-corrected chi connectivity index (χ3v) is 5.93. The van der Waals surface area contributed by atoms with E-state index in [-0.39, 0.29) is 0 Å². The van der Waals surface area contributed by atoms with E-state index in [1.807, 2.05) is 0 Å². The highest BCUT2D eigenvalue weighted by atomic mass is 79.9. The van der Waals surface area contributed by atoms with Gasteiger partial charge in [0, 0.05) is 26.1 Å². The van der Waals surface area contributed by atoms with E-state index in [1.165, 1.54) is 54.1 Å². The average molecular weight is 396 g/mol. The molecule has 0 unspecified atom stereocenters. The Kier molecular flexibility index (Phi) is 2.81. The molecule has 0 atom stereocenters. The van der Waals surface area contributed by atoms with Gasteiger partial charge >= 0.3 is 0 Å². The molecule has 0 fully saturated rings. The predicted molar refractivity (Wildman–Crippen MR) is 116 cm³/mol. The van der Waals surface area contributed by atoms with Gasteiger partial charge in [0.15, 0.2) is 0 Å². The maximum absolute atomic E-state index is 3.69. The lowest BCUT2D eigenvalue weighted by Crippen LogP contribution is -1.84. The van der Waals surface area contributed by atoms with Crippen molar-refractivity contribution in [2.75, 3.05) is 0 Å². The topological polar surface area (TPSA) is 15.8 Å². The molecule has 1 heterocycles. The summed E-state index contributed by atoms with van der Waals surface area (Å²) in [4.78, 5) is 3.69. The molecule has 0 aliphatic rings. The molecule has 0 saturated carbocycles. The Balaban J connectivity index is 1.98. The second-order valence-electron chi connectivity index (χ2n) is 6.82. The Labute approximate surface area is 158 Å². The van der Waals surface area contributed by atoms with Crippen LogP contribution in [-0.4, -0.2) is 4.98 Å². The van der Waals surface area contributed by atoms with E-state index in [0.29, 0.717) is 0 Å². The van der Waals surface area contributed by atoms with Crippen molar-refractivity contribution in [2.24, 2.45) is 0 Å². The van der Waals surface area contributed by atoms with Crippen LogP contribution in [0.25, 0.3) is 54.1 Å². The van der Waals surface area contributed by atoms with E-state index in [2.05, 4.69) is 99.8 Å². The van der Waals surface area contributed by atoms with Crippen LogP contribution in [-0.2, 0) is 0 Å². The molecule has 0 saturated heterocycles. The van der Waals surface area contributed by atoms with Crippen molar-refractivity contribution >= 4 is 70.1 Å². The number of benzene rings is 5. The van der Waals surface area contributed by atoms with Gasteiger partial charge in [0.25, 0.3) is 0 Å². The highest BCUT2D eigenvalue weighted by Gasteiger charge is 2.13. The van der Waals surface area contributed by atoms with Crippen LogP contribution in [0.1, 0.15) is 0 Å². The molecular weight excluding hydrogens is 382 g/mol.